The van der Waals surface area contributed by atoms with Crippen molar-refractivity contribution in [2.24, 2.45) is 0 Å². The second kappa shape index (κ2) is 5.58. The van der Waals surface area contributed by atoms with Gasteiger partial charge in [0, 0.05) is 13.6 Å². The van der Waals surface area contributed by atoms with E-state index in [-0.39, 0.29) is 0 Å². The largest absolute Gasteiger partial charge is 0.382 e. The van der Waals surface area contributed by atoms with Crippen LogP contribution in [0.3, 0.4) is 0 Å². The Hall–Kier alpha value is -1.97. The molecular weight excluding hydrogens is 224 g/mol. The fourth-order valence-corrected chi connectivity index (χ4v) is 2.06. The summed E-state index contributed by atoms with van der Waals surface area (Å²) in [5, 5.41) is 0. The molecule has 0 saturated heterocycles. The number of aryl methyl sites for hydroxylation is 2. The summed E-state index contributed by atoms with van der Waals surface area (Å²) in [4.78, 5) is 9.50. The minimum absolute atomic E-state index is 0.648. The molecule has 0 fully saturated rings. The molecule has 4 nitrogen and oxygen atoms in total. The van der Waals surface area contributed by atoms with Crippen molar-refractivity contribution < 1.29 is 0 Å². The monoisotopic (exact) mass is 244 g/mol. The fraction of sp³-hybridized carbons (Fsp3) is 0.357. The highest BCUT2D eigenvalue weighted by Crippen LogP contribution is 2.18. The van der Waals surface area contributed by atoms with Crippen molar-refractivity contribution in [3.05, 3.63) is 41.7 Å². The van der Waals surface area contributed by atoms with Gasteiger partial charge in [-0.25, -0.2) is 4.98 Å². The van der Waals surface area contributed by atoms with Gasteiger partial charge in [0.25, 0.3) is 0 Å². The van der Waals surface area contributed by atoms with Crippen LogP contribution < -0.4 is 10.6 Å². The molecule has 18 heavy (non-hydrogen) atoms. The molecule has 0 atom stereocenters. The number of benzene rings is 1. The van der Waals surface area contributed by atoms with Crippen molar-refractivity contribution >= 4 is 11.6 Å². The topological polar surface area (TPSA) is 57.9 Å². The molecule has 2 rings (SSSR count). The molecule has 1 aromatic heterocycles. The molecule has 0 saturated carbocycles. The zero-order chi connectivity index (χ0) is 13.0. The van der Waals surface area contributed by atoms with Crippen LogP contribution in [0, 0.1) is 6.92 Å². The van der Waals surface area contributed by atoms with Crippen molar-refractivity contribution in [3.8, 4) is 0 Å². The van der Waals surface area contributed by atoms with Crippen LogP contribution >= 0.6 is 0 Å². The van der Waals surface area contributed by atoms with Crippen LogP contribution in [-0.2, 0) is 6.42 Å². The molecule has 0 bridgehead atoms. The Kier molecular flexibility index (Phi) is 3.87. The summed E-state index contributed by atoms with van der Waals surface area (Å²) in [6, 6.07) is 10.5. The maximum Gasteiger partial charge on any atom is 0.171 e. The summed E-state index contributed by atoms with van der Waals surface area (Å²) in [5.74, 6) is 2.35. The summed E-state index contributed by atoms with van der Waals surface area (Å²) in [6.45, 7) is 2.86. The number of aromatic amines is 1. The van der Waals surface area contributed by atoms with Crippen LogP contribution in [-0.4, -0.2) is 23.6 Å². The molecule has 0 radical (unpaired) electrons. The molecule has 0 aliphatic carbocycles. The number of nitrogens with zero attached hydrogens (tertiary/aromatic N) is 2. The van der Waals surface area contributed by atoms with Crippen molar-refractivity contribution in [1.82, 2.24) is 9.97 Å². The zero-order valence-electron chi connectivity index (χ0n) is 11.0. The van der Waals surface area contributed by atoms with Crippen LogP contribution in [0.1, 0.15) is 17.8 Å². The number of rotatable bonds is 5. The Morgan fingerprint density at radius 2 is 2.00 bits per heavy atom. The van der Waals surface area contributed by atoms with Gasteiger partial charge in [0.05, 0.1) is 0 Å². The maximum atomic E-state index is 5.87. The van der Waals surface area contributed by atoms with Gasteiger partial charge in [0.2, 0.25) is 0 Å². The molecular formula is C14H20N4. The van der Waals surface area contributed by atoms with E-state index < -0.39 is 0 Å². The number of anilines is 2. The number of nitrogens with one attached hydrogen (secondary N) is 1. The van der Waals surface area contributed by atoms with Crippen molar-refractivity contribution in [2.75, 3.05) is 24.2 Å². The Morgan fingerprint density at radius 1 is 1.28 bits per heavy atom. The lowest BCUT2D eigenvalue weighted by atomic mass is 10.1. The Balaban J connectivity index is 1.85. The first-order valence-corrected chi connectivity index (χ1v) is 6.24. The maximum absolute atomic E-state index is 5.87. The standard InChI is InChI=1S/C14H20N4/c1-11-16-13(15)14(17-11)18(2)10-6-9-12-7-4-3-5-8-12/h3-5,7-8H,6,9-10,15H2,1-2H3,(H,16,17). The Labute approximate surface area is 108 Å². The number of aromatic nitrogens is 2. The third kappa shape index (κ3) is 3.03. The number of hydrogen-bond acceptors (Lipinski definition) is 3. The summed E-state index contributed by atoms with van der Waals surface area (Å²) in [6.07, 6.45) is 2.17. The van der Waals surface area contributed by atoms with Gasteiger partial charge in [-0.2, -0.15) is 0 Å². The SMILES string of the molecule is Cc1nc(N(C)CCCc2ccccc2)c(N)[nH]1. The normalized spacial score (nSPS) is 10.6. The highest BCUT2D eigenvalue weighted by atomic mass is 15.2. The van der Waals surface area contributed by atoms with Gasteiger partial charge in [-0.3, -0.25) is 0 Å². The lowest BCUT2D eigenvalue weighted by Gasteiger charge is -2.16. The molecule has 2 aromatic rings. The summed E-state index contributed by atoms with van der Waals surface area (Å²) in [7, 11) is 2.02. The first kappa shape index (κ1) is 12.5. The average molecular weight is 244 g/mol. The second-order valence-corrected chi connectivity index (χ2v) is 4.57. The van der Waals surface area contributed by atoms with Crippen LogP contribution in [0.4, 0.5) is 11.6 Å². The first-order chi connectivity index (χ1) is 8.66. The quantitative estimate of drug-likeness (QED) is 0.849. The van der Waals surface area contributed by atoms with Crippen molar-refractivity contribution in [1.29, 1.82) is 0 Å². The predicted molar refractivity (Wildman–Crippen MR) is 75.8 cm³/mol. The number of hydrogen-bond donors (Lipinski definition) is 2. The molecule has 0 aliphatic rings. The van der Waals surface area contributed by atoms with Gasteiger partial charge in [-0.15, -0.1) is 0 Å². The number of nitrogen functional groups attached to an aromatic ring is 1. The van der Waals surface area contributed by atoms with E-state index in [4.69, 9.17) is 5.73 Å². The van der Waals surface area contributed by atoms with E-state index >= 15 is 0 Å². The predicted octanol–water partition coefficient (Wildman–Crippen LogP) is 2.37. The van der Waals surface area contributed by atoms with E-state index in [1.807, 2.05) is 20.0 Å². The summed E-state index contributed by atoms with van der Waals surface area (Å²) < 4.78 is 0. The van der Waals surface area contributed by atoms with Gasteiger partial charge in [-0.05, 0) is 25.3 Å². The van der Waals surface area contributed by atoms with Crippen molar-refractivity contribution in [2.45, 2.75) is 19.8 Å². The lowest BCUT2D eigenvalue weighted by Crippen LogP contribution is -2.20. The highest BCUT2D eigenvalue weighted by molar-refractivity contribution is 5.58. The third-order valence-electron chi connectivity index (χ3n) is 2.99. The van der Waals surface area contributed by atoms with Crippen molar-refractivity contribution in [3.63, 3.8) is 0 Å². The Morgan fingerprint density at radius 3 is 2.61 bits per heavy atom. The second-order valence-electron chi connectivity index (χ2n) is 4.57. The van der Waals surface area contributed by atoms with E-state index in [9.17, 15) is 0 Å². The Bertz CT molecular complexity index is 490. The minimum atomic E-state index is 0.648. The first-order valence-electron chi connectivity index (χ1n) is 6.24. The molecule has 1 heterocycles. The van der Waals surface area contributed by atoms with Crippen LogP contribution in [0.5, 0.6) is 0 Å². The number of nitrogens with two attached hydrogens (primary N) is 1. The van der Waals surface area contributed by atoms with Gasteiger partial charge in [0.1, 0.15) is 11.6 Å². The molecule has 96 valence electrons. The third-order valence-corrected chi connectivity index (χ3v) is 2.99. The van der Waals surface area contributed by atoms with Gasteiger partial charge in [-0.1, -0.05) is 30.3 Å². The van der Waals surface area contributed by atoms with E-state index in [2.05, 4.69) is 39.1 Å². The molecule has 0 aliphatic heterocycles. The minimum Gasteiger partial charge on any atom is -0.382 e. The van der Waals surface area contributed by atoms with Gasteiger partial charge < -0.3 is 15.6 Å². The van der Waals surface area contributed by atoms with Crippen LogP contribution in [0.25, 0.3) is 0 Å². The van der Waals surface area contributed by atoms with Gasteiger partial charge >= 0.3 is 0 Å². The van der Waals surface area contributed by atoms with Crippen LogP contribution in [0.15, 0.2) is 30.3 Å². The number of imidazole rings is 1. The van der Waals surface area contributed by atoms with E-state index in [1.165, 1.54) is 5.56 Å². The molecule has 1 aromatic carbocycles. The molecule has 0 unspecified atom stereocenters. The molecule has 4 heteroatoms. The molecule has 0 amide bonds. The summed E-state index contributed by atoms with van der Waals surface area (Å²) in [5.41, 5.74) is 7.24. The summed E-state index contributed by atoms with van der Waals surface area (Å²) >= 11 is 0. The van der Waals surface area contributed by atoms with Crippen LogP contribution in [0.2, 0.25) is 0 Å². The van der Waals surface area contributed by atoms with E-state index in [1.54, 1.807) is 0 Å². The van der Waals surface area contributed by atoms with E-state index in [0.717, 1.165) is 31.0 Å². The highest BCUT2D eigenvalue weighted by Gasteiger charge is 2.09. The van der Waals surface area contributed by atoms with E-state index in [0.29, 0.717) is 5.82 Å². The fourth-order valence-electron chi connectivity index (χ4n) is 2.06. The lowest BCUT2D eigenvalue weighted by molar-refractivity contribution is 0.779. The average Bonchev–Trinajstić information content (AvgIpc) is 2.70. The molecule has 0 spiro atoms. The smallest absolute Gasteiger partial charge is 0.171 e. The molecule has 3 N–H and O–H groups in total. The van der Waals surface area contributed by atoms with Gasteiger partial charge in [0.15, 0.2) is 5.82 Å². The zero-order valence-corrected chi connectivity index (χ0v) is 11.0. The number of H-pyrrole nitrogens is 1.